The van der Waals surface area contributed by atoms with Gasteiger partial charge in [-0.15, -0.1) is 0 Å². The maximum Gasteiger partial charge on any atom is 0.269 e. The highest BCUT2D eigenvalue weighted by Gasteiger charge is 2.31. The minimum atomic E-state index is -3.73. The number of non-ortho nitro benzene ring substituents is 1. The lowest BCUT2D eigenvalue weighted by Crippen LogP contribution is -2.45. The molecule has 1 fully saturated rings. The van der Waals surface area contributed by atoms with Crippen molar-refractivity contribution in [3.05, 3.63) is 106 Å². The van der Waals surface area contributed by atoms with Gasteiger partial charge in [-0.2, -0.15) is 4.31 Å². The van der Waals surface area contributed by atoms with Gasteiger partial charge in [0.1, 0.15) is 5.75 Å². The first-order chi connectivity index (χ1) is 19.6. The number of likely N-dealkylation sites (tertiary alicyclic amines) is 1. The van der Waals surface area contributed by atoms with E-state index >= 15 is 0 Å². The van der Waals surface area contributed by atoms with E-state index < -0.39 is 14.9 Å². The zero-order valence-corrected chi connectivity index (χ0v) is 24.1. The van der Waals surface area contributed by atoms with Crippen molar-refractivity contribution in [3.8, 4) is 5.75 Å². The summed E-state index contributed by atoms with van der Waals surface area (Å²) in [6.45, 7) is 4.95. The van der Waals surface area contributed by atoms with Crippen LogP contribution in [0.5, 0.6) is 5.75 Å². The van der Waals surface area contributed by atoms with Crippen LogP contribution in [-0.4, -0.2) is 67.7 Å². The van der Waals surface area contributed by atoms with Crippen molar-refractivity contribution in [3.63, 3.8) is 0 Å². The van der Waals surface area contributed by atoms with Gasteiger partial charge in [0.15, 0.2) is 5.78 Å². The number of ether oxygens (including phenoxy) is 1. The molecule has 1 saturated heterocycles. The minimum absolute atomic E-state index is 0.0567. The molecule has 0 radical (unpaired) electrons. The zero-order chi connectivity index (χ0) is 29.4. The van der Waals surface area contributed by atoms with Gasteiger partial charge in [0.25, 0.3) is 5.69 Å². The SMILES string of the molecule is Cc1ccc(C=CC(=O)c2ccc(OCCCN3CCC(N(C)S(=O)(=O)c4ccc([N+](=O)[O-])cc4)CC3)cc2)cc1. The van der Waals surface area contributed by atoms with Crippen LogP contribution in [0.25, 0.3) is 6.08 Å². The average molecular weight is 578 g/mol. The third-order valence-electron chi connectivity index (χ3n) is 7.33. The summed E-state index contributed by atoms with van der Waals surface area (Å²) in [5.41, 5.74) is 2.61. The molecule has 3 aromatic rings. The summed E-state index contributed by atoms with van der Waals surface area (Å²) in [7, 11) is -2.16. The van der Waals surface area contributed by atoms with E-state index in [0.29, 0.717) is 30.8 Å². The van der Waals surface area contributed by atoms with Crippen molar-refractivity contribution >= 4 is 27.6 Å². The summed E-state index contributed by atoms with van der Waals surface area (Å²) in [5, 5.41) is 10.9. The van der Waals surface area contributed by atoms with Gasteiger partial charge in [-0.3, -0.25) is 14.9 Å². The number of benzene rings is 3. The molecular weight excluding hydrogens is 542 g/mol. The van der Waals surface area contributed by atoms with Crippen molar-refractivity contribution in [2.75, 3.05) is 33.3 Å². The Morgan fingerprint density at radius 3 is 2.27 bits per heavy atom. The van der Waals surface area contributed by atoms with Gasteiger partial charge in [-0.1, -0.05) is 35.9 Å². The van der Waals surface area contributed by atoms with Crippen LogP contribution in [0.4, 0.5) is 5.69 Å². The highest BCUT2D eigenvalue weighted by Crippen LogP contribution is 2.24. The molecule has 1 aliphatic rings. The minimum Gasteiger partial charge on any atom is -0.494 e. The fourth-order valence-electron chi connectivity index (χ4n) is 4.75. The maximum atomic E-state index is 13.0. The number of nitro groups is 1. The monoisotopic (exact) mass is 577 g/mol. The van der Waals surface area contributed by atoms with Crippen LogP contribution in [0.1, 0.15) is 40.7 Å². The van der Waals surface area contributed by atoms with Crippen molar-refractivity contribution in [1.82, 2.24) is 9.21 Å². The van der Waals surface area contributed by atoms with E-state index in [0.717, 1.165) is 31.6 Å². The van der Waals surface area contributed by atoms with E-state index in [1.165, 1.54) is 34.1 Å². The van der Waals surface area contributed by atoms with Gasteiger partial charge >= 0.3 is 0 Å². The van der Waals surface area contributed by atoms with Crippen molar-refractivity contribution in [2.45, 2.75) is 37.1 Å². The number of carbonyl (C=O) groups is 1. The second-order valence-corrected chi connectivity index (χ2v) is 12.2. The number of hydrogen-bond acceptors (Lipinski definition) is 7. The standard InChI is InChI=1S/C31H35N3O6S/c1-24-4-6-25(7-5-24)8-17-31(35)26-9-13-29(14-10-26)40-23-3-20-33-21-18-27(19-22-33)32(2)41(38,39)30-15-11-28(12-16-30)34(36)37/h4-17,27H,3,18-23H2,1-2H3. The van der Waals surface area contributed by atoms with Gasteiger partial charge in [0.2, 0.25) is 10.0 Å². The van der Waals surface area contributed by atoms with E-state index in [-0.39, 0.29) is 22.4 Å². The number of piperidine rings is 1. The van der Waals surface area contributed by atoms with Gasteiger partial charge < -0.3 is 9.64 Å². The van der Waals surface area contributed by atoms with Gasteiger partial charge in [-0.05, 0) is 87.3 Å². The lowest BCUT2D eigenvalue weighted by molar-refractivity contribution is -0.384. The Balaban J connectivity index is 1.17. The number of hydrogen-bond donors (Lipinski definition) is 0. The Morgan fingerprint density at radius 1 is 1.02 bits per heavy atom. The van der Waals surface area contributed by atoms with Crippen LogP contribution in [0.3, 0.4) is 0 Å². The Hall–Kier alpha value is -3.86. The summed E-state index contributed by atoms with van der Waals surface area (Å²) in [6, 6.07) is 20.0. The summed E-state index contributed by atoms with van der Waals surface area (Å²) in [6.07, 6.45) is 5.62. The molecule has 0 aliphatic carbocycles. The van der Waals surface area contributed by atoms with Gasteiger partial charge in [-0.25, -0.2) is 8.42 Å². The predicted molar refractivity (Wildman–Crippen MR) is 159 cm³/mol. The molecule has 3 aromatic carbocycles. The average Bonchev–Trinajstić information content (AvgIpc) is 2.99. The molecule has 1 heterocycles. The number of aryl methyl sites for hydroxylation is 1. The summed E-state index contributed by atoms with van der Waals surface area (Å²) in [4.78, 5) is 25.1. The van der Waals surface area contributed by atoms with E-state index in [4.69, 9.17) is 4.74 Å². The number of ketones is 1. The molecule has 41 heavy (non-hydrogen) atoms. The fourth-order valence-corrected chi connectivity index (χ4v) is 6.16. The van der Waals surface area contributed by atoms with E-state index in [9.17, 15) is 23.3 Å². The third kappa shape index (κ3) is 8.09. The molecule has 0 bridgehead atoms. The molecule has 0 N–H and O–H groups in total. The Bertz CT molecular complexity index is 1460. The van der Waals surface area contributed by atoms with Crippen molar-refractivity contribution < 1.29 is 22.9 Å². The topological polar surface area (TPSA) is 110 Å². The Morgan fingerprint density at radius 2 is 1.66 bits per heavy atom. The largest absolute Gasteiger partial charge is 0.494 e. The van der Waals surface area contributed by atoms with E-state index in [1.807, 2.05) is 37.3 Å². The molecule has 1 aliphatic heterocycles. The normalized spacial score (nSPS) is 14.9. The first-order valence-electron chi connectivity index (χ1n) is 13.6. The van der Waals surface area contributed by atoms with Crippen molar-refractivity contribution in [2.24, 2.45) is 0 Å². The first kappa shape index (κ1) is 30.1. The van der Waals surface area contributed by atoms with Crippen LogP contribution in [0.2, 0.25) is 0 Å². The quantitative estimate of drug-likeness (QED) is 0.0938. The number of carbonyl (C=O) groups excluding carboxylic acids is 1. The number of nitro benzene ring substituents is 1. The number of rotatable bonds is 12. The smallest absolute Gasteiger partial charge is 0.269 e. The molecule has 0 saturated carbocycles. The summed E-state index contributed by atoms with van der Waals surface area (Å²) >= 11 is 0. The molecule has 4 rings (SSSR count). The first-order valence-corrected chi connectivity index (χ1v) is 15.0. The van der Waals surface area contributed by atoms with E-state index in [1.54, 1.807) is 37.4 Å². The highest BCUT2D eigenvalue weighted by molar-refractivity contribution is 7.89. The molecule has 0 unspecified atom stereocenters. The second kappa shape index (κ2) is 13.7. The molecule has 0 amide bonds. The molecule has 0 spiro atoms. The molecule has 0 aromatic heterocycles. The summed E-state index contributed by atoms with van der Waals surface area (Å²) in [5.74, 6) is 0.646. The third-order valence-corrected chi connectivity index (χ3v) is 9.25. The van der Waals surface area contributed by atoms with Crippen LogP contribution in [0.15, 0.2) is 83.8 Å². The molecule has 0 atom stereocenters. The fraction of sp³-hybridized carbons (Fsp3) is 0.323. The Kier molecular flexibility index (Phi) is 10.0. The lowest BCUT2D eigenvalue weighted by atomic mass is 10.1. The number of allylic oxidation sites excluding steroid dienone is 1. The molecule has 10 heteroatoms. The Labute approximate surface area is 241 Å². The maximum absolute atomic E-state index is 13.0. The lowest BCUT2D eigenvalue weighted by Gasteiger charge is -2.36. The zero-order valence-electron chi connectivity index (χ0n) is 23.3. The van der Waals surface area contributed by atoms with Crippen LogP contribution < -0.4 is 4.74 Å². The van der Waals surface area contributed by atoms with Crippen LogP contribution in [0, 0.1) is 17.0 Å². The van der Waals surface area contributed by atoms with Crippen molar-refractivity contribution in [1.29, 1.82) is 0 Å². The van der Waals surface area contributed by atoms with Crippen LogP contribution in [-0.2, 0) is 10.0 Å². The highest BCUT2D eigenvalue weighted by atomic mass is 32.2. The molecule has 216 valence electrons. The predicted octanol–water partition coefficient (Wildman–Crippen LogP) is 5.35. The van der Waals surface area contributed by atoms with Gasteiger partial charge in [0.05, 0.1) is 16.4 Å². The van der Waals surface area contributed by atoms with E-state index in [2.05, 4.69) is 4.90 Å². The second-order valence-electron chi connectivity index (χ2n) is 10.2. The molecular formula is C31H35N3O6S. The number of sulfonamides is 1. The van der Waals surface area contributed by atoms with Gasteiger partial charge in [0, 0.05) is 37.3 Å². The van der Waals surface area contributed by atoms with Crippen LogP contribution >= 0.6 is 0 Å². The number of nitrogens with zero attached hydrogens (tertiary/aromatic N) is 3. The summed E-state index contributed by atoms with van der Waals surface area (Å²) < 4.78 is 33.3. The molecule has 9 nitrogen and oxygen atoms in total.